The lowest BCUT2D eigenvalue weighted by molar-refractivity contribution is 0.378. The van der Waals surface area contributed by atoms with Crippen LogP contribution in [0.25, 0.3) is 0 Å². The second kappa shape index (κ2) is 7.22. The van der Waals surface area contributed by atoms with Crippen molar-refractivity contribution in [3.63, 3.8) is 0 Å². The van der Waals surface area contributed by atoms with E-state index in [1.165, 1.54) is 25.7 Å². The van der Waals surface area contributed by atoms with Gasteiger partial charge in [-0.15, -0.1) is 0 Å². The van der Waals surface area contributed by atoms with Gasteiger partial charge in [-0.3, -0.25) is 0 Å². The molecule has 0 aromatic heterocycles. The zero-order valence-corrected chi connectivity index (χ0v) is 12.5. The average molecular weight is 302 g/mol. The van der Waals surface area contributed by atoms with E-state index in [0.29, 0.717) is 21.8 Å². The molecule has 1 aliphatic rings. The molecule has 0 amide bonds. The molecule has 3 nitrogen and oxygen atoms in total. The average Bonchev–Trinajstić information content (AvgIpc) is 2.44. The summed E-state index contributed by atoms with van der Waals surface area (Å²) in [6.07, 6.45) is 6.29. The zero-order valence-electron chi connectivity index (χ0n) is 11.0. The molecular formula is C14H21Cl2N3. The van der Waals surface area contributed by atoms with E-state index < -0.39 is 0 Å². The van der Waals surface area contributed by atoms with Crippen LogP contribution < -0.4 is 16.4 Å². The van der Waals surface area contributed by atoms with Crippen LogP contribution in [0.3, 0.4) is 0 Å². The summed E-state index contributed by atoms with van der Waals surface area (Å²) in [5.74, 6) is 0. The maximum absolute atomic E-state index is 6.01. The normalized spacial score (nSPS) is 19.4. The molecule has 0 radical (unpaired) electrons. The van der Waals surface area contributed by atoms with Crippen LogP contribution in [0.1, 0.15) is 32.1 Å². The van der Waals surface area contributed by atoms with Gasteiger partial charge in [0.1, 0.15) is 0 Å². The molecule has 0 aliphatic carbocycles. The molecular weight excluding hydrogens is 281 g/mol. The van der Waals surface area contributed by atoms with E-state index in [0.717, 1.165) is 25.2 Å². The van der Waals surface area contributed by atoms with Crippen molar-refractivity contribution in [3.05, 3.63) is 22.2 Å². The van der Waals surface area contributed by atoms with Gasteiger partial charge < -0.3 is 16.4 Å². The van der Waals surface area contributed by atoms with Crippen LogP contribution in [0, 0.1) is 0 Å². The van der Waals surface area contributed by atoms with Crippen LogP contribution in [0.4, 0.5) is 11.4 Å². The van der Waals surface area contributed by atoms with Crippen molar-refractivity contribution >= 4 is 34.6 Å². The van der Waals surface area contributed by atoms with Crippen LogP contribution >= 0.6 is 23.2 Å². The topological polar surface area (TPSA) is 50.1 Å². The van der Waals surface area contributed by atoms with Crippen molar-refractivity contribution in [3.8, 4) is 0 Å². The van der Waals surface area contributed by atoms with Crippen LogP contribution in [-0.2, 0) is 0 Å². The highest BCUT2D eigenvalue weighted by Gasteiger charge is 2.12. The Morgan fingerprint density at radius 1 is 1.32 bits per heavy atom. The van der Waals surface area contributed by atoms with E-state index in [9.17, 15) is 0 Å². The molecule has 0 unspecified atom stereocenters. The number of benzene rings is 1. The van der Waals surface area contributed by atoms with Gasteiger partial charge in [0.05, 0.1) is 21.4 Å². The van der Waals surface area contributed by atoms with Gasteiger partial charge in [0.25, 0.3) is 0 Å². The maximum Gasteiger partial charge on any atom is 0.0842 e. The molecule has 19 heavy (non-hydrogen) atoms. The molecule has 1 heterocycles. The zero-order chi connectivity index (χ0) is 13.7. The second-order valence-corrected chi connectivity index (χ2v) is 5.82. The highest BCUT2D eigenvalue weighted by molar-refractivity contribution is 6.44. The molecule has 1 aromatic rings. The summed E-state index contributed by atoms with van der Waals surface area (Å²) in [5, 5.41) is 7.81. The molecule has 1 fully saturated rings. The van der Waals surface area contributed by atoms with Gasteiger partial charge in [0, 0.05) is 12.6 Å². The van der Waals surface area contributed by atoms with Gasteiger partial charge in [-0.05, 0) is 44.4 Å². The third-order valence-electron chi connectivity index (χ3n) is 3.59. The van der Waals surface area contributed by atoms with Gasteiger partial charge in [-0.1, -0.05) is 29.6 Å². The van der Waals surface area contributed by atoms with Crippen molar-refractivity contribution in [2.45, 2.75) is 38.1 Å². The fourth-order valence-corrected chi connectivity index (χ4v) is 2.79. The van der Waals surface area contributed by atoms with Crippen molar-refractivity contribution in [2.24, 2.45) is 0 Å². The minimum absolute atomic E-state index is 0.431. The van der Waals surface area contributed by atoms with E-state index in [1.807, 2.05) is 6.07 Å². The molecule has 1 saturated heterocycles. The van der Waals surface area contributed by atoms with E-state index in [1.54, 1.807) is 6.07 Å². The molecule has 0 bridgehead atoms. The van der Waals surface area contributed by atoms with Crippen LogP contribution in [0.2, 0.25) is 10.0 Å². The lowest BCUT2D eigenvalue weighted by Gasteiger charge is -2.23. The second-order valence-electron chi connectivity index (χ2n) is 5.04. The van der Waals surface area contributed by atoms with Crippen molar-refractivity contribution < 1.29 is 0 Å². The smallest absolute Gasteiger partial charge is 0.0842 e. The van der Waals surface area contributed by atoms with E-state index in [-0.39, 0.29) is 0 Å². The third kappa shape index (κ3) is 4.16. The SMILES string of the molecule is Nc1c(NCCC[C@@H]2CCCCN2)ccc(Cl)c1Cl. The third-order valence-corrected chi connectivity index (χ3v) is 4.41. The summed E-state index contributed by atoms with van der Waals surface area (Å²) in [6, 6.07) is 4.33. The predicted molar refractivity (Wildman–Crippen MR) is 84.2 cm³/mol. The first-order chi connectivity index (χ1) is 9.18. The minimum atomic E-state index is 0.431. The standard InChI is InChI=1S/C14H21Cl2N3/c15-11-6-7-12(14(17)13(11)16)19-9-3-5-10-4-1-2-8-18-10/h6-7,10,18-19H,1-5,8-9,17H2/t10-/m0/s1. The molecule has 1 atom stereocenters. The van der Waals surface area contributed by atoms with Crippen LogP contribution in [-0.4, -0.2) is 19.1 Å². The highest BCUT2D eigenvalue weighted by Crippen LogP contribution is 2.33. The number of hydrogen-bond acceptors (Lipinski definition) is 3. The number of anilines is 2. The quantitative estimate of drug-likeness (QED) is 0.571. The molecule has 0 spiro atoms. The molecule has 106 valence electrons. The Hall–Kier alpha value is -0.640. The van der Waals surface area contributed by atoms with E-state index >= 15 is 0 Å². The van der Waals surface area contributed by atoms with Gasteiger partial charge >= 0.3 is 0 Å². The summed E-state index contributed by atoms with van der Waals surface area (Å²) in [5.41, 5.74) is 7.32. The molecule has 0 saturated carbocycles. The van der Waals surface area contributed by atoms with Gasteiger partial charge in [-0.25, -0.2) is 0 Å². The Labute approximate surface area is 124 Å². The molecule has 4 N–H and O–H groups in total. The number of nitrogen functional groups attached to an aromatic ring is 1. The lowest BCUT2D eigenvalue weighted by Crippen LogP contribution is -2.34. The minimum Gasteiger partial charge on any atom is -0.396 e. The lowest BCUT2D eigenvalue weighted by atomic mass is 10.0. The fourth-order valence-electron chi connectivity index (χ4n) is 2.46. The van der Waals surface area contributed by atoms with Crippen molar-refractivity contribution in [1.29, 1.82) is 0 Å². The number of nitrogens with one attached hydrogen (secondary N) is 2. The summed E-state index contributed by atoms with van der Waals surface area (Å²) in [7, 11) is 0. The fraction of sp³-hybridized carbons (Fsp3) is 0.571. The number of halogens is 2. The van der Waals surface area contributed by atoms with Gasteiger partial charge in [0.15, 0.2) is 0 Å². The first kappa shape index (κ1) is 14.8. The Kier molecular flexibility index (Phi) is 5.61. The van der Waals surface area contributed by atoms with Gasteiger partial charge in [-0.2, -0.15) is 0 Å². The van der Waals surface area contributed by atoms with Crippen molar-refractivity contribution in [1.82, 2.24) is 5.32 Å². The first-order valence-electron chi connectivity index (χ1n) is 6.89. The first-order valence-corrected chi connectivity index (χ1v) is 7.65. The number of rotatable bonds is 5. The van der Waals surface area contributed by atoms with Crippen LogP contribution in [0.15, 0.2) is 12.1 Å². The monoisotopic (exact) mass is 301 g/mol. The highest BCUT2D eigenvalue weighted by atomic mass is 35.5. The van der Waals surface area contributed by atoms with E-state index in [2.05, 4.69) is 10.6 Å². The molecule has 5 heteroatoms. The number of nitrogens with two attached hydrogens (primary N) is 1. The molecule has 1 aliphatic heterocycles. The Balaban J connectivity index is 1.75. The summed E-state index contributed by atoms with van der Waals surface area (Å²) in [6.45, 7) is 2.07. The van der Waals surface area contributed by atoms with E-state index in [4.69, 9.17) is 28.9 Å². The van der Waals surface area contributed by atoms with Gasteiger partial charge in [0.2, 0.25) is 0 Å². The summed E-state index contributed by atoms with van der Waals surface area (Å²) in [4.78, 5) is 0. The Morgan fingerprint density at radius 3 is 2.89 bits per heavy atom. The summed E-state index contributed by atoms with van der Waals surface area (Å²) >= 11 is 11.9. The summed E-state index contributed by atoms with van der Waals surface area (Å²) < 4.78 is 0. The number of hydrogen-bond donors (Lipinski definition) is 3. The number of piperidine rings is 1. The Bertz CT molecular complexity index is 417. The molecule has 1 aromatic carbocycles. The molecule has 2 rings (SSSR count). The maximum atomic E-state index is 6.01. The predicted octanol–water partition coefficient (Wildman–Crippen LogP) is 3.91. The van der Waals surface area contributed by atoms with Crippen molar-refractivity contribution in [2.75, 3.05) is 24.1 Å². The Morgan fingerprint density at radius 2 is 2.16 bits per heavy atom. The largest absolute Gasteiger partial charge is 0.396 e. The van der Waals surface area contributed by atoms with Crippen LogP contribution in [0.5, 0.6) is 0 Å².